The minimum Gasteiger partial charge on any atom is -0.325 e. The Labute approximate surface area is 163 Å². The summed E-state index contributed by atoms with van der Waals surface area (Å²) in [4.78, 5) is 3.05. The van der Waals surface area contributed by atoms with Crippen LogP contribution in [0.5, 0.6) is 0 Å². The zero-order chi connectivity index (χ0) is 18.9. The third kappa shape index (κ3) is 5.77. The van der Waals surface area contributed by atoms with E-state index in [1.807, 2.05) is 0 Å². The van der Waals surface area contributed by atoms with Crippen LogP contribution in [0.2, 0.25) is 0 Å². The molecule has 0 radical (unpaired) electrons. The molecule has 146 valence electrons. The molecule has 0 aromatic rings. The van der Waals surface area contributed by atoms with Gasteiger partial charge >= 0.3 is 0 Å². The zero-order valence-corrected chi connectivity index (χ0v) is 17.9. The molecule has 0 heterocycles. The van der Waals surface area contributed by atoms with Crippen molar-refractivity contribution in [1.29, 1.82) is 0 Å². The maximum absolute atomic E-state index is 3.67. The molecule has 0 bridgehead atoms. The van der Waals surface area contributed by atoms with E-state index >= 15 is 0 Å². The smallest absolute Gasteiger partial charge is 0.158 e. The Morgan fingerprint density at radius 1 is 0.577 bits per heavy atom. The van der Waals surface area contributed by atoms with E-state index in [4.69, 9.17) is 0 Å². The molecule has 2 aliphatic carbocycles. The lowest BCUT2D eigenvalue weighted by Crippen LogP contribution is -3.15. The lowest BCUT2D eigenvalue weighted by atomic mass is 9.81. The molecule has 0 aromatic carbocycles. The molecule has 0 aliphatic heterocycles. The molecule has 0 unspecified atom stereocenters. The predicted molar refractivity (Wildman–Crippen MR) is 111 cm³/mol. The van der Waals surface area contributed by atoms with E-state index < -0.39 is 0 Å². The van der Waals surface area contributed by atoms with Crippen LogP contribution >= 0.6 is 0 Å². The van der Waals surface area contributed by atoms with E-state index in [0.29, 0.717) is 0 Å². The van der Waals surface area contributed by atoms with Crippen molar-refractivity contribution in [2.24, 2.45) is 0 Å². The molecular weight excluding hydrogens is 316 g/mol. The molecule has 0 amide bonds. The normalized spacial score (nSPS) is 21.6. The standard InChI is InChI=1S/C24H40N2/c1-25(2)23(19-13-9-14-20-23)17-11-7-5-6-8-12-18-24(26(3)4)21-15-10-16-22-24/h5-10,13-16,19-22H2,1-4H3/p+2. The third-order valence-electron chi connectivity index (χ3n) is 6.84. The fraction of sp³-hybridized carbons (Fsp3) is 0.833. The summed E-state index contributed by atoms with van der Waals surface area (Å²) < 4.78 is 0. The van der Waals surface area contributed by atoms with Crippen LogP contribution in [0.3, 0.4) is 0 Å². The van der Waals surface area contributed by atoms with Gasteiger partial charge in [0, 0.05) is 38.5 Å². The summed E-state index contributed by atoms with van der Waals surface area (Å²) in [5.74, 6) is 14.4. The summed E-state index contributed by atoms with van der Waals surface area (Å²) in [7, 11) is 9.12. The Bertz CT molecular complexity index is 476. The van der Waals surface area contributed by atoms with Crippen LogP contribution in [0.1, 0.15) is 89.9 Å². The Kier molecular flexibility index (Phi) is 8.53. The number of unbranched alkanes of at least 4 members (excludes halogenated alkanes) is 3. The zero-order valence-electron chi connectivity index (χ0n) is 17.9. The van der Waals surface area contributed by atoms with Gasteiger partial charge in [-0.2, -0.15) is 0 Å². The van der Waals surface area contributed by atoms with Crippen molar-refractivity contribution in [2.75, 3.05) is 28.2 Å². The molecule has 2 nitrogen and oxygen atoms in total. The van der Waals surface area contributed by atoms with Gasteiger partial charge in [-0.3, -0.25) is 0 Å². The number of nitrogens with one attached hydrogen (secondary N) is 2. The van der Waals surface area contributed by atoms with Gasteiger partial charge in [0.25, 0.3) is 0 Å². The van der Waals surface area contributed by atoms with Gasteiger partial charge in [0.2, 0.25) is 0 Å². The topological polar surface area (TPSA) is 8.88 Å². The van der Waals surface area contributed by atoms with Gasteiger partial charge in [0.05, 0.1) is 28.2 Å². The Hall–Kier alpha value is -0.960. The van der Waals surface area contributed by atoms with E-state index in [9.17, 15) is 0 Å². The van der Waals surface area contributed by atoms with Crippen LogP contribution in [-0.4, -0.2) is 39.3 Å². The first kappa shape index (κ1) is 21.3. The first-order valence-electron chi connectivity index (χ1n) is 11.1. The highest BCUT2D eigenvalue weighted by molar-refractivity contribution is 5.15. The van der Waals surface area contributed by atoms with Crippen LogP contribution in [-0.2, 0) is 0 Å². The van der Waals surface area contributed by atoms with Gasteiger partial charge in [-0.1, -0.05) is 24.7 Å². The van der Waals surface area contributed by atoms with Crippen molar-refractivity contribution in [1.82, 2.24) is 0 Å². The van der Waals surface area contributed by atoms with Crippen molar-refractivity contribution < 1.29 is 9.80 Å². The maximum atomic E-state index is 3.67. The third-order valence-corrected chi connectivity index (χ3v) is 6.84. The van der Waals surface area contributed by atoms with Crippen molar-refractivity contribution >= 4 is 0 Å². The van der Waals surface area contributed by atoms with Crippen LogP contribution < -0.4 is 9.80 Å². The average molecular weight is 359 g/mol. The van der Waals surface area contributed by atoms with Crippen molar-refractivity contribution in [3.8, 4) is 23.7 Å². The average Bonchev–Trinajstić information content (AvgIpc) is 2.65. The first-order chi connectivity index (χ1) is 12.5. The molecule has 2 aliphatic rings. The van der Waals surface area contributed by atoms with Crippen molar-refractivity contribution in [3.63, 3.8) is 0 Å². The van der Waals surface area contributed by atoms with Crippen LogP contribution in [0.25, 0.3) is 0 Å². The van der Waals surface area contributed by atoms with E-state index in [1.165, 1.54) is 86.8 Å². The molecule has 26 heavy (non-hydrogen) atoms. The second-order valence-electron chi connectivity index (χ2n) is 9.10. The molecule has 2 heteroatoms. The summed E-state index contributed by atoms with van der Waals surface area (Å²) in [5, 5.41) is 0. The molecule has 0 saturated heterocycles. The maximum Gasteiger partial charge on any atom is 0.158 e. The van der Waals surface area contributed by atoms with Crippen molar-refractivity contribution in [2.45, 2.75) is 101 Å². The Morgan fingerprint density at radius 3 is 1.23 bits per heavy atom. The largest absolute Gasteiger partial charge is 0.325 e. The van der Waals surface area contributed by atoms with Gasteiger partial charge < -0.3 is 9.80 Å². The minimum absolute atomic E-state index is 0.236. The molecule has 0 aromatic heterocycles. The summed E-state index contributed by atoms with van der Waals surface area (Å²) in [6.45, 7) is 0. The van der Waals surface area contributed by atoms with Gasteiger partial charge in [0.1, 0.15) is 0 Å². The van der Waals surface area contributed by atoms with Gasteiger partial charge in [0.15, 0.2) is 11.1 Å². The van der Waals surface area contributed by atoms with Crippen molar-refractivity contribution in [3.05, 3.63) is 0 Å². The summed E-state index contributed by atoms with van der Waals surface area (Å²) in [5.41, 5.74) is 0.472. The minimum atomic E-state index is 0.236. The molecular formula is C24H42N2+2. The number of rotatable bonds is 5. The predicted octanol–water partition coefficient (Wildman–Crippen LogP) is 2.25. The lowest BCUT2D eigenvalue weighted by Gasteiger charge is -2.35. The highest BCUT2D eigenvalue weighted by atomic mass is 15.1. The molecule has 2 N–H and O–H groups in total. The molecule has 2 rings (SSSR count). The number of hydrogen-bond acceptors (Lipinski definition) is 0. The number of quaternary nitrogens is 2. The highest BCUT2D eigenvalue weighted by Gasteiger charge is 2.36. The summed E-state index contributed by atoms with van der Waals surface area (Å²) >= 11 is 0. The first-order valence-corrected chi connectivity index (χ1v) is 11.1. The van der Waals surface area contributed by atoms with Crippen LogP contribution in [0, 0.1) is 23.7 Å². The van der Waals surface area contributed by atoms with E-state index in [1.54, 1.807) is 0 Å². The second-order valence-corrected chi connectivity index (χ2v) is 9.10. The van der Waals surface area contributed by atoms with E-state index in [2.05, 4.69) is 51.9 Å². The Balaban J connectivity index is 1.74. The van der Waals surface area contributed by atoms with Crippen LogP contribution in [0.15, 0.2) is 0 Å². The quantitative estimate of drug-likeness (QED) is 0.551. The summed E-state index contributed by atoms with van der Waals surface area (Å²) in [6, 6.07) is 0. The molecule has 2 saturated carbocycles. The van der Waals surface area contributed by atoms with Crippen LogP contribution in [0.4, 0.5) is 0 Å². The van der Waals surface area contributed by atoms with Gasteiger partial charge in [-0.05, 0) is 50.4 Å². The Morgan fingerprint density at radius 2 is 0.923 bits per heavy atom. The van der Waals surface area contributed by atoms with E-state index in [-0.39, 0.29) is 11.1 Å². The van der Waals surface area contributed by atoms with Gasteiger partial charge in [-0.25, -0.2) is 0 Å². The lowest BCUT2D eigenvalue weighted by molar-refractivity contribution is -0.907. The van der Waals surface area contributed by atoms with E-state index in [0.717, 1.165) is 12.8 Å². The second kappa shape index (κ2) is 10.4. The molecule has 0 atom stereocenters. The fourth-order valence-electron chi connectivity index (χ4n) is 4.70. The number of hydrogen-bond donors (Lipinski definition) is 2. The molecule has 2 fully saturated rings. The SMILES string of the molecule is C[NH+](C)C1(C#CCCCCC#CC2([NH+](C)C)CCCCC2)CCCCC1. The fourth-order valence-corrected chi connectivity index (χ4v) is 4.70. The highest BCUT2D eigenvalue weighted by Crippen LogP contribution is 2.25. The monoisotopic (exact) mass is 358 g/mol. The molecule has 0 spiro atoms. The summed E-state index contributed by atoms with van der Waals surface area (Å²) in [6.07, 6.45) is 17.8. The van der Waals surface area contributed by atoms with Gasteiger partial charge in [-0.15, -0.1) is 0 Å².